The molecular formula is C6H9O3Y-. The van der Waals surface area contributed by atoms with Gasteiger partial charge >= 0.3 is 5.97 Å². The van der Waals surface area contributed by atoms with Crippen molar-refractivity contribution >= 4 is 5.97 Å². The van der Waals surface area contributed by atoms with Gasteiger partial charge in [-0.15, -0.1) is 0 Å². The second-order valence-corrected chi connectivity index (χ2v) is 2.21. The van der Waals surface area contributed by atoms with Gasteiger partial charge in [-0.1, -0.05) is 0 Å². The molecule has 1 aliphatic heterocycles. The van der Waals surface area contributed by atoms with E-state index >= 15 is 0 Å². The van der Waals surface area contributed by atoms with Gasteiger partial charge in [0.05, 0.1) is 12.5 Å². The third-order valence-electron chi connectivity index (χ3n) is 1.24. The van der Waals surface area contributed by atoms with Gasteiger partial charge in [-0.25, -0.2) is 0 Å². The molecule has 4 heteroatoms. The van der Waals surface area contributed by atoms with E-state index in [-0.39, 0.29) is 51.2 Å². The molecule has 1 radical (unpaired) electrons. The van der Waals surface area contributed by atoms with Crippen molar-refractivity contribution in [2.45, 2.75) is 25.0 Å². The summed E-state index contributed by atoms with van der Waals surface area (Å²) >= 11 is 0. The van der Waals surface area contributed by atoms with Crippen LogP contribution in [0.4, 0.5) is 0 Å². The molecule has 1 saturated heterocycles. The number of carbonyl (C=O) groups excluding carboxylic acids is 1. The fourth-order valence-corrected chi connectivity index (χ4v) is 0.861. The molecule has 0 aromatic carbocycles. The summed E-state index contributed by atoms with van der Waals surface area (Å²) < 4.78 is 4.65. The molecule has 0 aromatic rings. The van der Waals surface area contributed by atoms with E-state index in [4.69, 9.17) is 5.11 Å². The van der Waals surface area contributed by atoms with E-state index < -0.39 is 6.10 Å². The van der Waals surface area contributed by atoms with Gasteiger partial charge in [-0.3, -0.25) is 4.79 Å². The molecule has 0 bridgehead atoms. The minimum Gasteiger partial charge on any atom is -0.495 e. The minimum absolute atomic E-state index is 0. The summed E-state index contributed by atoms with van der Waals surface area (Å²) in [7, 11) is 0. The summed E-state index contributed by atoms with van der Waals surface area (Å²) in [5, 5.41) is 8.91. The molecule has 1 N–H and O–H groups in total. The first-order valence-electron chi connectivity index (χ1n) is 2.89. The molecule has 0 amide bonds. The molecule has 2 atom stereocenters. The summed E-state index contributed by atoms with van der Waals surface area (Å²) in [6, 6.07) is 0. The number of ether oxygens (including phenoxy) is 1. The maximum atomic E-state index is 10.5. The van der Waals surface area contributed by atoms with E-state index in [0.717, 1.165) is 0 Å². The normalized spacial score (nSPS) is 32.4. The number of rotatable bonds is 0. The van der Waals surface area contributed by atoms with Crippen LogP contribution >= 0.6 is 0 Å². The molecule has 1 aliphatic rings. The molecule has 0 aromatic heterocycles. The van der Waals surface area contributed by atoms with E-state index in [2.05, 4.69) is 11.7 Å². The summed E-state index contributed by atoms with van der Waals surface area (Å²) in [6.45, 7) is 3.50. The zero-order valence-electron chi connectivity index (χ0n) is 5.62. The molecule has 55 valence electrons. The van der Waals surface area contributed by atoms with Crippen LogP contribution in [0.25, 0.3) is 0 Å². The fraction of sp³-hybridized carbons (Fsp3) is 0.667. The summed E-state index contributed by atoms with van der Waals surface area (Å²) in [4.78, 5) is 10.5. The minimum atomic E-state index is -0.547. The van der Waals surface area contributed by atoms with Crippen LogP contribution in [-0.2, 0) is 42.2 Å². The Morgan fingerprint density at radius 3 is 2.70 bits per heavy atom. The molecule has 1 fully saturated rings. The first-order chi connectivity index (χ1) is 4.18. The molecule has 10 heavy (non-hydrogen) atoms. The van der Waals surface area contributed by atoms with Gasteiger partial charge in [0.1, 0.15) is 0 Å². The van der Waals surface area contributed by atoms with Crippen molar-refractivity contribution < 1.29 is 47.3 Å². The van der Waals surface area contributed by atoms with Crippen molar-refractivity contribution in [2.24, 2.45) is 0 Å². The number of hydrogen-bond acceptors (Lipinski definition) is 3. The number of carbonyl (C=O) groups is 1. The first kappa shape index (κ1) is 10.5. The summed E-state index contributed by atoms with van der Waals surface area (Å²) in [6.07, 6.45) is -0.326. The zero-order valence-corrected chi connectivity index (χ0v) is 8.46. The quantitative estimate of drug-likeness (QED) is 0.455. The summed E-state index contributed by atoms with van der Waals surface area (Å²) in [5.41, 5.74) is 0. The first-order valence-corrected chi connectivity index (χ1v) is 2.89. The smallest absolute Gasteiger partial charge is 0.306 e. The second kappa shape index (κ2) is 4.42. The predicted molar refractivity (Wildman–Crippen MR) is 30.5 cm³/mol. The van der Waals surface area contributed by atoms with Crippen LogP contribution < -0.4 is 0 Å². The Bertz CT molecular complexity index is 114. The molecule has 0 aliphatic carbocycles. The van der Waals surface area contributed by atoms with E-state index in [1.54, 1.807) is 0 Å². The van der Waals surface area contributed by atoms with Crippen molar-refractivity contribution in [3.8, 4) is 0 Å². The largest absolute Gasteiger partial charge is 0.495 e. The summed E-state index contributed by atoms with van der Waals surface area (Å²) in [5.74, 6) is -0.353. The van der Waals surface area contributed by atoms with Gasteiger partial charge in [-0.2, -0.15) is 0 Å². The van der Waals surface area contributed by atoms with Gasteiger partial charge in [0.15, 0.2) is 0 Å². The third-order valence-corrected chi connectivity index (χ3v) is 1.24. The van der Waals surface area contributed by atoms with E-state index in [0.29, 0.717) is 6.42 Å². The van der Waals surface area contributed by atoms with Gasteiger partial charge in [-0.05, 0) is 12.5 Å². The van der Waals surface area contributed by atoms with Crippen LogP contribution in [-0.4, -0.2) is 23.3 Å². The van der Waals surface area contributed by atoms with Crippen molar-refractivity contribution in [3.05, 3.63) is 6.92 Å². The predicted octanol–water partition coefficient (Wildman–Crippen LogP) is -0.116. The number of aliphatic hydroxyl groups is 1. The van der Waals surface area contributed by atoms with Crippen molar-refractivity contribution in [1.29, 1.82) is 0 Å². The zero-order chi connectivity index (χ0) is 6.85. The third kappa shape index (κ3) is 3.08. The molecular weight excluding hydrogens is 209 g/mol. The van der Waals surface area contributed by atoms with Crippen LogP contribution in [0, 0.1) is 6.92 Å². The molecule has 1 rings (SSSR count). The van der Waals surface area contributed by atoms with Crippen LogP contribution in [0.1, 0.15) is 12.8 Å². The van der Waals surface area contributed by atoms with E-state index in [9.17, 15) is 4.79 Å². The van der Waals surface area contributed by atoms with Gasteiger partial charge in [0, 0.05) is 32.7 Å². The Morgan fingerprint density at radius 1 is 1.70 bits per heavy atom. The van der Waals surface area contributed by atoms with Crippen LogP contribution in [0.2, 0.25) is 0 Å². The standard InChI is InChI=1S/C6H9O3.Y/c1-4-2-5(7)3-6(8)9-4;/h4-5,7H,1-3H2;/q-1;. The van der Waals surface area contributed by atoms with Crippen LogP contribution in [0.15, 0.2) is 0 Å². The Kier molecular flexibility index (Phi) is 4.66. The Morgan fingerprint density at radius 2 is 2.30 bits per heavy atom. The second-order valence-electron chi connectivity index (χ2n) is 2.21. The number of cyclic esters (lactones) is 1. The van der Waals surface area contributed by atoms with E-state index in [1.807, 2.05) is 0 Å². The molecule has 3 nitrogen and oxygen atoms in total. The molecule has 0 saturated carbocycles. The number of hydrogen-bond donors (Lipinski definition) is 1. The molecule has 1 heterocycles. The maximum Gasteiger partial charge on any atom is 0.306 e. The average molecular weight is 218 g/mol. The fourth-order valence-electron chi connectivity index (χ4n) is 0.861. The Balaban J connectivity index is 0.000000810. The van der Waals surface area contributed by atoms with E-state index in [1.165, 1.54) is 0 Å². The van der Waals surface area contributed by atoms with Gasteiger partial charge in [0.25, 0.3) is 0 Å². The Labute approximate surface area is 85.0 Å². The molecule has 2 unspecified atom stereocenters. The van der Waals surface area contributed by atoms with Crippen molar-refractivity contribution in [2.75, 3.05) is 0 Å². The van der Waals surface area contributed by atoms with Crippen LogP contribution in [0.3, 0.4) is 0 Å². The van der Waals surface area contributed by atoms with Gasteiger partial charge in [0.2, 0.25) is 0 Å². The maximum absolute atomic E-state index is 10.5. The SMILES string of the molecule is [CH2-]C1CC(O)CC(=O)O1.[Y]. The van der Waals surface area contributed by atoms with Crippen molar-refractivity contribution in [3.63, 3.8) is 0 Å². The average Bonchev–Trinajstić information content (AvgIpc) is 1.59. The Hall–Kier alpha value is 0.534. The molecule has 0 spiro atoms. The van der Waals surface area contributed by atoms with Crippen molar-refractivity contribution in [1.82, 2.24) is 0 Å². The van der Waals surface area contributed by atoms with Gasteiger partial charge < -0.3 is 16.8 Å². The number of esters is 1. The topological polar surface area (TPSA) is 46.5 Å². The van der Waals surface area contributed by atoms with Crippen LogP contribution in [0.5, 0.6) is 0 Å². The monoisotopic (exact) mass is 218 g/mol. The number of aliphatic hydroxyl groups excluding tert-OH is 1.